The fraction of sp³-hybridized carbons (Fsp3) is 0.182. The van der Waals surface area contributed by atoms with Crippen LogP contribution in [0.25, 0.3) is 0 Å². The molecule has 0 saturated carbocycles. The number of nitrogens with one attached hydrogen (secondary N) is 1. The number of carbonyl (C=O) groups excluding carboxylic acids is 1. The average Bonchev–Trinajstić information content (AvgIpc) is 3.25. The third kappa shape index (κ3) is 4.26. The Bertz CT molecular complexity index is 887. The maximum atomic E-state index is 12.3. The van der Waals surface area contributed by atoms with Crippen molar-refractivity contribution >= 4 is 17.3 Å². The van der Waals surface area contributed by atoms with E-state index in [4.69, 9.17) is 4.74 Å². The minimum Gasteiger partial charge on any atom is -0.457 e. The summed E-state index contributed by atoms with van der Waals surface area (Å²) in [5, 5.41) is 3.29. The molecule has 1 aliphatic rings. The molecule has 1 aliphatic heterocycles. The monoisotopic (exact) mass is 359 g/mol. The number of ether oxygens (including phenoxy) is 1. The van der Waals surface area contributed by atoms with Crippen molar-refractivity contribution in [3.05, 3.63) is 78.6 Å². The van der Waals surface area contributed by atoms with Gasteiger partial charge in [-0.2, -0.15) is 0 Å². The van der Waals surface area contributed by atoms with Crippen molar-refractivity contribution in [2.75, 3.05) is 18.4 Å². The lowest BCUT2D eigenvalue weighted by Gasteiger charge is -2.14. The summed E-state index contributed by atoms with van der Waals surface area (Å²) in [5.74, 6) is 1.60. The zero-order valence-corrected chi connectivity index (χ0v) is 15.0. The predicted molar refractivity (Wildman–Crippen MR) is 106 cm³/mol. The molecule has 2 heterocycles. The number of amides is 1. The van der Waals surface area contributed by atoms with Gasteiger partial charge in [0, 0.05) is 18.8 Å². The quantitative estimate of drug-likeness (QED) is 0.707. The van der Waals surface area contributed by atoms with Crippen LogP contribution in [-0.4, -0.2) is 28.9 Å². The molecule has 0 unspecified atom stereocenters. The number of hydrogen-bond acceptors (Lipinski definition) is 4. The molecule has 1 amide bonds. The van der Waals surface area contributed by atoms with Crippen molar-refractivity contribution in [2.24, 2.45) is 0 Å². The lowest BCUT2D eigenvalue weighted by Crippen LogP contribution is -2.28. The van der Waals surface area contributed by atoms with E-state index in [1.807, 2.05) is 65.6 Å². The molecule has 5 nitrogen and oxygen atoms in total. The summed E-state index contributed by atoms with van der Waals surface area (Å²) in [4.78, 5) is 18.5. The number of anilines is 2. The van der Waals surface area contributed by atoms with Gasteiger partial charge in [-0.25, -0.2) is 4.98 Å². The molecule has 1 fully saturated rings. The van der Waals surface area contributed by atoms with Crippen molar-refractivity contribution in [1.82, 2.24) is 9.88 Å². The van der Waals surface area contributed by atoms with E-state index < -0.39 is 0 Å². The van der Waals surface area contributed by atoms with Gasteiger partial charge in [0.05, 0.1) is 11.9 Å². The second-order valence-corrected chi connectivity index (χ2v) is 6.50. The fourth-order valence-electron chi connectivity index (χ4n) is 3.07. The maximum absolute atomic E-state index is 12.3. The number of aromatic nitrogens is 1. The van der Waals surface area contributed by atoms with Gasteiger partial charge in [-0.3, -0.25) is 4.79 Å². The van der Waals surface area contributed by atoms with Gasteiger partial charge in [0.25, 0.3) is 5.91 Å². The van der Waals surface area contributed by atoms with E-state index >= 15 is 0 Å². The average molecular weight is 359 g/mol. The Hall–Kier alpha value is -3.34. The lowest BCUT2D eigenvalue weighted by molar-refractivity contribution is 0.0787. The van der Waals surface area contributed by atoms with Crippen LogP contribution in [0.1, 0.15) is 23.3 Å². The molecule has 0 bridgehead atoms. The molecule has 2 aromatic carbocycles. The van der Waals surface area contributed by atoms with Gasteiger partial charge in [-0.15, -0.1) is 0 Å². The highest BCUT2D eigenvalue weighted by Gasteiger charge is 2.20. The molecule has 0 aliphatic carbocycles. The first-order chi connectivity index (χ1) is 13.3. The second-order valence-electron chi connectivity index (χ2n) is 6.50. The summed E-state index contributed by atoms with van der Waals surface area (Å²) >= 11 is 0. The molecule has 1 saturated heterocycles. The molecule has 1 N–H and O–H groups in total. The molecule has 136 valence electrons. The molecule has 0 spiro atoms. The molecule has 0 atom stereocenters. The Labute approximate surface area is 158 Å². The van der Waals surface area contributed by atoms with Crippen LogP contribution in [0.4, 0.5) is 11.4 Å². The first-order valence-electron chi connectivity index (χ1n) is 9.13. The normalized spacial score (nSPS) is 13.4. The van der Waals surface area contributed by atoms with Crippen LogP contribution in [0.15, 0.2) is 72.9 Å². The third-order valence-corrected chi connectivity index (χ3v) is 4.50. The minimum absolute atomic E-state index is 0.0152. The Morgan fingerprint density at radius 3 is 2.19 bits per heavy atom. The predicted octanol–water partition coefficient (Wildman–Crippen LogP) is 4.85. The van der Waals surface area contributed by atoms with Crippen LogP contribution in [0.3, 0.4) is 0 Å². The number of benzene rings is 2. The summed E-state index contributed by atoms with van der Waals surface area (Å²) in [5.41, 5.74) is 2.26. The van der Waals surface area contributed by atoms with Crippen molar-refractivity contribution in [3.63, 3.8) is 0 Å². The third-order valence-electron chi connectivity index (χ3n) is 4.50. The van der Waals surface area contributed by atoms with Crippen LogP contribution < -0.4 is 10.1 Å². The Morgan fingerprint density at radius 2 is 1.52 bits per heavy atom. The number of pyridine rings is 1. The fourth-order valence-corrected chi connectivity index (χ4v) is 3.07. The Kier molecular flexibility index (Phi) is 5.01. The zero-order chi connectivity index (χ0) is 18.5. The Balaban J connectivity index is 1.38. The number of hydrogen-bond donors (Lipinski definition) is 1. The highest BCUT2D eigenvalue weighted by atomic mass is 16.5. The standard InChI is InChI=1S/C22H21N3O2/c26-22(25-14-4-5-15-25)21-13-10-18(16-23-21)24-17-8-11-20(12-9-17)27-19-6-2-1-3-7-19/h1-3,6-13,16,24H,4-5,14-15H2. The molecule has 0 radical (unpaired) electrons. The van der Waals surface area contributed by atoms with E-state index in [1.165, 1.54) is 0 Å². The molecule has 5 heteroatoms. The van der Waals surface area contributed by atoms with E-state index in [1.54, 1.807) is 12.3 Å². The van der Waals surface area contributed by atoms with E-state index in [2.05, 4.69) is 10.3 Å². The van der Waals surface area contributed by atoms with Crippen LogP contribution >= 0.6 is 0 Å². The van der Waals surface area contributed by atoms with Gasteiger partial charge in [0.2, 0.25) is 0 Å². The summed E-state index contributed by atoms with van der Waals surface area (Å²) in [7, 11) is 0. The molecule has 1 aromatic heterocycles. The van der Waals surface area contributed by atoms with Crippen molar-refractivity contribution < 1.29 is 9.53 Å². The lowest BCUT2D eigenvalue weighted by atomic mass is 10.2. The molecule has 3 aromatic rings. The van der Waals surface area contributed by atoms with Crippen molar-refractivity contribution in [3.8, 4) is 11.5 Å². The van der Waals surface area contributed by atoms with E-state index in [0.717, 1.165) is 48.8 Å². The van der Waals surface area contributed by atoms with Gasteiger partial charge in [-0.05, 0) is 61.4 Å². The Morgan fingerprint density at radius 1 is 0.852 bits per heavy atom. The highest BCUT2D eigenvalue weighted by molar-refractivity contribution is 5.92. The van der Waals surface area contributed by atoms with Crippen molar-refractivity contribution in [2.45, 2.75) is 12.8 Å². The van der Waals surface area contributed by atoms with Gasteiger partial charge in [0.15, 0.2) is 0 Å². The van der Waals surface area contributed by atoms with E-state index in [0.29, 0.717) is 5.69 Å². The van der Waals surface area contributed by atoms with E-state index in [-0.39, 0.29) is 5.91 Å². The van der Waals surface area contributed by atoms with Crippen LogP contribution in [-0.2, 0) is 0 Å². The van der Waals surface area contributed by atoms with Crippen LogP contribution in [0, 0.1) is 0 Å². The number of para-hydroxylation sites is 1. The summed E-state index contributed by atoms with van der Waals surface area (Å²) in [6.45, 7) is 1.66. The van der Waals surface area contributed by atoms with Gasteiger partial charge < -0.3 is 15.0 Å². The topological polar surface area (TPSA) is 54.5 Å². The minimum atomic E-state index is 0.0152. The smallest absolute Gasteiger partial charge is 0.272 e. The summed E-state index contributed by atoms with van der Waals surface area (Å²) in [6, 6.07) is 21.0. The van der Waals surface area contributed by atoms with E-state index in [9.17, 15) is 4.79 Å². The molecule has 27 heavy (non-hydrogen) atoms. The first-order valence-corrected chi connectivity index (χ1v) is 9.13. The van der Waals surface area contributed by atoms with Crippen molar-refractivity contribution in [1.29, 1.82) is 0 Å². The SMILES string of the molecule is O=C(c1ccc(Nc2ccc(Oc3ccccc3)cc2)cn1)N1CCCC1. The maximum Gasteiger partial charge on any atom is 0.272 e. The zero-order valence-electron chi connectivity index (χ0n) is 15.0. The van der Waals surface area contributed by atoms with Gasteiger partial charge >= 0.3 is 0 Å². The second kappa shape index (κ2) is 7.91. The first kappa shape index (κ1) is 17.1. The van der Waals surface area contributed by atoms with Crippen LogP contribution in [0.5, 0.6) is 11.5 Å². The molecular formula is C22H21N3O2. The largest absolute Gasteiger partial charge is 0.457 e. The summed E-state index contributed by atoms with van der Waals surface area (Å²) < 4.78 is 5.79. The summed E-state index contributed by atoms with van der Waals surface area (Å²) in [6.07, 6.45) is 3.85. The number of rotatable bonds is 5. The molecule has 4 rings (SSSR count). The van der Waals surface area contributed by atoms with Crippen LogP contribution in [0.2, 0.25) is 0 Å². The number of carbonyl (C=O) groups is 1. The number of likely N-dealkylation sites (tertiary alicyclic amines) is 1. The highest BCUT2D eigenvalue weighted by Crippen LogP contribution is 2.24. The number of nitrogens with zero attached hydrogens (tertiary/aromatic N) is 2. The molecular weight excluding hydrogens is 338 g/mol. The van der Waals surface area contributed by atoms with Gasteiger partial charge in [-0.1, -0.05) is 18.2 Å². The van der Waals surface area contributed by atoms with Gasteiger partial charge in [0.1, 0.15) is 17.2 Å².